The number of nitrogens with one attached hydrogen (secondary N) is 1. The summed E-state index contributed by atoms with van der Waals surface area (Å²) in [6.45, 7) is 17.0. The molecule has 17 heavy (non-hydrogen) atoms. The van der Waals surface area contributed by atoms with Crippen LogP contribution in [0.25, 0.3) is 0 Å². The van der Waals surface area contributed by atoms with Gasteiger partial charge in [-0.05, 0) is 54.0 Å². The molecule has 0 aliphatic heterocycles. The highest BCUT2D eigenvalue weighted by molar-refractivity contribution is 5.24. The van der Waals surface area contributed by atoms with Gasteiger partial charge in [0.1, 0.15) is 0 Å². The van der Waals surface area contributed by atoms with E-state index in [1.54, 1.807) is 0 Å². The van der Waals surface area contributed by atoms with Crippen LogP contribution in [0.15, 0.2) is 0 Å². The molecule has 2 aliphatic rings. The molecule has 2 fully saturated rings. The number of hydrogen-bond donors (Lipinski definition) is 1. The monoisotopic (exact) mass is 237 g/mol. The van der Waals surface area contributed by atoms with Crippen molar-refractivity contribution in [2.24, 2.45) is 28.1 Å². The Labute approximate surface area is 108 Å². The van der Waals surface area contributed by atoms with E-state index in [-0.39, 0.29) is 0 Å². The van der Waals surface area contributed by atoms with E-state index < -0.39 is 0 Å². The summed E-state index contributed by atoms with van der Waals surface area (Å²) in [6.07, 6.45) is 4.33. The first-order chi connectivity index (χ1) is 7.76. The zero-order valence-corrected chi connectivity index (χ0v) is 12.7. The lowest BCUT2D eigenvalue weighted by atomic mass is 9.74. The standard InChI is InChI=1S/C16H31N/c1-12(2)10-17-11-13-15(5,6)16(13)9-7-8-14(16,3)4/h12-13,17H,7-11H2,1-6H3. The van der Waals surface area contributed by atoms with Crippen molar-refractivity contribution in [1.29, 1.82) is 0 Å². The van der Waals surface area contributed by atoms with Gasteiger partial charge in [0.2, 0.25) is 0 Å². The smallest absolute Gasteiger partial charge is 0.000936 e. The first-order valence-electron chi connectivity index (χ1n) is 7.46. The molecule has 1 nitrogen and oxygen atoms in total. The van der Waals surface area contributed by atoms with Crippen molar-refractivity contribution >= 4 is 0 Å². The van der Waals surface area contributed by atoms with Crippen LogP contribution in [0.4, 0.5) is 0 Å². The van der Waals surface area contributed by atoms with Crippen LogP contribution in [-0.2, 0) is 0 Å². The third-order valence-electron chi connectivity index (χ3n) is 6.01. The summed E-state index contributed by atoms with van der Waals surface area (Å²) in [6, 6.07) is 0. The third kappa shape index (κ3) is 1.77. The Hall–Kier alpha value is -0.0400. The lowest BCUT2D eigenvalue weighted by molar-refractivity contribution is 0.177. The average Bonchev–Trinajstić information content (AvgIpc) is 2.48. The predicted octanol–water partition coefficient (Wildman–Crippen LogP) is 4.08. The highest BCUT2D eigenvalue weighted by atomic mass is 14.9. The average molecular weight is 237 g/mol. The van der Waals surface area contributed by atoms with Crippen molar-refractivity contribution < 1.29 is 0 Å². The molecule has 0 heterocycles. The Morgan fingerprint density at radius 1 is 1.12 bits per heavy atom. The molecular weight excluding hydrogens is 206 g/mol. The van der Waals surface area contributed by atoms with Crippen molar-refractivity contribution in [2.75, 3.05) is 13.1 Å². The van der Waals surface area contributed by atoms with Crippen LogP contribution in [0.3, 0.4) is 0 Å². The summed E-state index contributed by atoms with van der Waals surface area (Å²) in [4.78, 5) is 0. The molecular formula is C16H31N. The molecule has 2 unspecified atom stereocenters. The Kier molecular flexibility index (Phi) is 3.14. The summed E-state index contributed by atoms with van der Waals surface area (Å²) in [5.41, 5.74) is 1.74. The zero-order valence-electron chi connectivity index (χ0n) is 12.7. The maximum Gasteiger partial charge on any atom is -0.000936 e. The maximum absolute atomic E-state index is 3.69. The van der Waals surface area contributed by atoms with Gasteiger partial charge in [-0.1, -0.05) is 48.0 Å². The first kappa shape index (κ1) is 13.4. The second-order valence-electron chi connectivity index (χ2n) is 8.04. The van der Waals surface area contributed by atoms with E-state index >= 15 is 0 Å². The number of rotatable bonds is 4. The molecule has 2 saturated carbocycles. The Morgan fingerprint density at radius 3 is 2.24 bits per heavy atom. The van der Waals surface area contributed by atoms with Crippen LogP contribution >= 0.6 is 0 Å². The van der Waals surface area contributed by atoms with Crippen molar-refractivity contribution in [1.82, 2.24) is 5.32 Å². The Balaban J connectivity index is 2.01. The van der Waals surface area contributed by atoms with Gasteiger partial charge < -0.3 is 5.32 Å². The molecule has 0 aromatic rings. The van der Waals surface area contributed by atoms with Crippen molar-refractivity contribution in [3.8, 4) is 0 Å². The summed E-state index contributed by atoms with van der Waals surface area (Å²) < 4.78 is 0. The summed E-state index contributed by atoms with van der Waals surface area (Å²) >= 11 is 0. The minimum Gasteiger partial charge on any atom is -0.316 e. The van der Waals surface area contributed by atoms with Gasteiger partial charge in [-0.3, -0.25) is 0 Å². The molecule has 0 radical (unpaired) electrons. The second kappa shape index (κ2) is 3.98. The second-order valence-corrected chi connectivity index (χ2v) is 8.04. The fourth-order valence-corrected chi connectivity index (χ4v) is 5.12. The molecule has 1 spiro atoms. The van der Waals surface area contributed by atoms with E-state index in [9.17, 15) is 0 Å². The SMILES string of the molecule is CC(C)CNCC1C(C)(C)C12CCCC2(C)C. The molecule has 2 atom stereocenters. The highest BCUT2D eigenvalue weighted by Crippen LogP contribution is 2.81. The van der Waals surface area contributed by atoms with Gasteiger partial charge in [0.15, 0.2) is 0 Å². The lowest BCUT2D eigenvalue weighted by Gasteiger charge is -2.31. The fraction of sp³-hybridized carbons (Fsp3) is 1.00. The van der Waals surface area contributed by atoms with E-state index in [4.69, 9.17) is 0 Å². The van der Waals surface area contributed by atoms with Gasteiger partial charge in [0.05, 0.1) is 0 Å². The molecule has 1 heteroatoms. The number of hydrogen-bond acceptors (Lipinski definition) is 1. The maximum atomic E-state index is 3.69. The lowest BCUT2D eigenvalue weighted by Crippen LogP contribution is -2.28. The van der Waals surface area contributed by atoms with E-state index in [1.165, 1.54) is 32.4 Å². The van der Waals surface area contributed by atoms with E-state index in [0.717, 1.165) is 11.8 Å². The fourth-order valence-electron chi connectivity index (χ4n) is 5.12. The van der Waals surface area contributed by atoms with Gasteiger partial charge >= 0.3 is 0 Å². The van der Waals surface area contributed by atoms with Crippen LogP contribution in [0.1, 0.15) is 60.8 Å². The van der Waals surface area contributed by atoms with Crippen molar-refractivity contribution in [3.05, 3.63) is 0 Å². The molecule has 0 bridgehead atoms. The topological polar surface area (TPSA) is 12.0 Å². The quantitative estimate of drug-likeness (QED) is 0.776. The van der Waals surface area contributed by atoms with Crippen LogP contribution in [0, 0.1) is 28.1 Å². The van der Waals surface area contributed by atoms with Gasteiger partial charge in [-0.2, -0.15) is 0 Å². The normalized spacial score (nSPS) is 37.9. The molecule has 1 N–H and O–H groups in total. The zero-order chi connectivity index (χ0) is 12.9. The minimum atomic E-state index is 0.553. The molecule has 0 aromatic heterocycles. The van der Waals surface area contributed by atoms with Crippen molar-refractivity contribution in [2.45, 2.75) is 60.8 Å². The summed E-state index contributed by atoms with van der Waals surface area (Å²) in [5, 5.41) is 3.69. The van der Waals surface area contributed by atoms with Crippen LogP contribution in [0.5, 0.6) is 0 Å². The van der Waals surface area contributed by atoms with Gasteiger partial charge in [0, 0.05) is 0 Å². The summed E-state index contributed by atoms with van der Waals surface area (Å²) in [7, 11) is 0. The molecule has 0 amide bonds. The molecule has 2 rings (SSSR count). The Morgan fingerprint density at radius 2 is 1.76 bits per heavy atom. The molecule has 2 aliphatic carbocycles. The molecule has 0 saturated heterocycles. The molecule has 100 valence electrons. The first-order valence-corrected chi connectivity index (χ1v) is 7.46. The van der Waals surface area contributed by atoms with Gasteiger partial charge in [-0.15, -0.1) is 0 Å². The van der Waals surface area contributed by atoms with Crippen molar-refractivity contribution in [3.63, 3.8) is 0 Å². The Bertz CT molecular complexity index is 290. The van der Waals surface area contributed by atoms with Gasteiger partial charge in [0.25, 0.3) is 0 Å². The largest absolute Gasteiger partial charge is 0.316 e. The predicted molar refractivity (Wildman–Crippen MR) is 75.0 cm³/mol. The molecule has 0 aromatic carbocycles. The van der Waals surface area contributed by atoms with Crippen LogP contribution in [-0.4, -0.2) is 13.1 Å². The third-order valence-corrected chi connectivity index (χ3v) is 6.01. The van der Waals surface area contributed by atoms with E-state index in [0.29, 0.717) is 16.2 Å². The van der Waals surface area contributed by atoms with Gasteiger partial charge in [-0.25, -0.2) is 0 Å². The summed E-state index contributed by atoms with van der Waals surface area (Å²) in [5.74, 6) is 1.66. The van der Waals surface area contributed by atoms with E-state index in [1.807, 2.05) is 0 Å². The van der Waals surface area contributed by atoms with Crippen LogP contribution in [0.2, 0.25) is 0 Å². The highest BCUT2D eigenvalue weighted by Gasteiger charge is 2.76. The minimum absolute atomic E-state index is 0.553. The van der Waals surface area contributed by atoms with Crippen LogP contribution < -0.4 is 5.32 Å². The van der Waals surface area contributed by atoms with E-state index in [2.05, 4.69) is 46.9 Å².